The lowest BCUT2D eigenvalue weighted by atomic mass is 10.0. The molecule has 1 amide bonds. The number of imidazole rings is 1. The van der Waals surface area contributed by atoms with E-state index in [4.69, 9.17) is 0 Å². The molecule has 3 aromatic carbocycles. The Kier molecular flexibility index (Phi) is 3.71. The Balaban J connectivity index is 1.41. The molecular weight excluding hydrogens is 298 g/mol. The number of carbonyl (C=O) groups excluding carboxylic acids is 1. The van der Waals surface area contributed by atoms with E-state index in [1.807, 2.05) is 36.4 Å². The van der Waals surface area contributed by atoms with Crippen molar-refractivity contribution < 1.29 is 4.79 Å². The van der Waals surface area contributed by atoms with Crippen LogP contribution in [0.4, 0.5) is 5.95 Å². The summed E-state index contributed by atoms with van der Waals surface area (Å²) < 4.78 is 0. The molecule has 1 aromatic heterocycles. The van der Waals surface area contributed by atoms with Crippen molar-refractivity contribution in [1.82, 2.24) is 9.97 Å². The quantitative estimate of drug-likeness (QED) is 0.590. The van der Waals surface area contributed by atoms with E-state index in [0.717, 1.165) is 16.6 Å². The smallest absolute Gasteiger partial charge is 0.227 e. The Hall–Kier alpha value is -3.14. The number of nitrogens with zero attached hydrogens (tertiary/aromatic N) is 1. The Morgan fingerprint density at radius 3 is 2.62 bits per heavy atom. The SMILES string of the molecule is O=C(CCc1ccc2ccccc2c1)Nc1nc2ccccc2[nH]1. The number of amides is 1. The molecule has 2 N–H and O–H groups in total. The van der Waals surface area contributed by atoms with Gasteiger partial charge in [-0.15, -0.1) is 0 Å². The van der Waals surface area contributed by atoms with Crippen LogP contribution in [-0.4, -0.2) is 15.9 Å². The van der Waals surface area contributed by atoms with Crippen molar-refractivity contribution in [2.45, 2.75) is 12.8 Å². The summed E-state index contributed by atoms with van der Waals surface area (Å²) in [5.74, 6) is 0.460. The maximum absolute atomic E-state index is 12.2. The topological polar surface area (TPSA) is 57.8 Å². The summed E-state index contributed by atoms with van der Waals surface area (Å²) in [6, 6.07) is 22.3. The highest BCUT2D eigenvalue weighted by Gasteiger charge is 2.07. The average Bonchev–Trinajstić information content (AvgIpc) is 3.02. The van der Waals surface area contributed by atoms with Gasteiger partial charge in [0.2, 0.25) is 11.9 Å². The number of carbonyl (C=O) groups is 1. The van der Waals surface area contributed by atoms with Gasteiger partial charge in [0.05, 0.1) is 11.0 Å². The molecule has 0 aliphatic carbocycles. The molecule has 0 saturated heterocycles. The van der Waals surface area contributed by atoms with Gasteiger partial charge in [0, 0.05) is 6.42 Å². The summed E-state index contributed by atoms with van der Waals surface area (Å²) in [5, 5.41) is 5.25. The minimum atomic E-state index is -0.0396. The predicted octanol–water partition coefficient (Wildman–Crippen LogP) is 4.29. The van der Waals surface area contributed by atoms with Crippen molar-refractivity contribution in [3.63, 3.8) is 0 Å². The lowest BCUT2D eigenvalue weighted by Crippen LogP contribution is -2.13. The number of anilines is 1. The molecule has 0 atom stereocenters. The number of aryl methyl sites for hydroxylation is 1. The lowest BCUT2D eigenvalue weighted by molar-refractivity contribution is -0.116. The zero-order valence-electron chi connectivity index (χ0n) is 13.1. The number of hydrogen-bond donors (Lipinski definition) is 2. The Morgan fingerprint density at radius 1 is 0.958 bits per heavy atom. The first-order chi connectivity index (χ1) is 11.8. The van der Waals surface area contributed by atoms with E-state index in [1.54, 1.807) is 0 Å². The van der Waals surface area contributed by atoms with Gasteiger partial charge in [-0.1, -0.05) is 54.6 Å². The zero-order valence-corrected chi connectivity index (χ0v) is 13.1. The van der Waals surface area contributed by atoms with Crippen LogP contribution in [0.3, 0.4) is 0 Å². The molecule has 0 aliphatic rings. The summed E-state index contributed by atoms with van der Waals surface area (Å²) in [6.45, 7) is 0. The van der Waals surface area contributed by atoms with Crippen LogP contribution in [0.25, 0.3) is 21.8 Å². The summed E-state index contributed by atoms with van der Waals surface area (Å²) in [7, 11) is 0. The first-order valence-electron chi connectivity index (χ1n) is 8.00. The molecule has 118 valence electrons. The highest BCUT2D eigenvalue weighted by atomic mass is 16.1. The molecule has 4 aromatic rings. The van der Waals surface area contributed by atoms with Crippen LogP contribution >= 0.6 is 0 Å². The fourth-order valence-electron chi connectivity index (χ4n) is 2.86. The number of aromatic nitrogens is 2. The number of nitrogens with one attached hydrogen (secondary N) is 2. The third-order valence-corrected chi connectivity index (χ3v) is 4.10. The summed E-state index contributed by atoms with van der Waals surface area (Å²) in [6.07, 6.45) is 1.13. The van der Waals surface area contributed by atoms with Crippen LogP contribution < -0.4 is 5.32 Å². The molecule has 4 heteroatoms. The van der Waals surface area contributed by atoms with Gasteiger partial charge >= 0.3 is 0 Å². The molecule has 0 fully saturated rings. The lowest BCUT2D eigenvalue weighted by Gasteiger charge is -2.04. The zero-order chi connectivity index (χ0) is 16.4. The fraction of sp³-hybridized carbons (Fsp3) is 0.100. The molecular formula is C20H17N3O. The third-order valence-electron chi connectivity index (χ3n) is 4.10. The molecule has 24 heavy (non-hydrogen) atoms. The second-order valence-electron chi connectivity index (χ2n) is 5.83. The molecule has 0 spiro atoms. The average molecular weight is 315 g/mol. The second kappa shape index (κ2) is 6.16. The van der Waals surface area contributed by atoms with Gasteiger partial charge in [-0.05, 0) is 34.9 Å². The van der Waals surface area contributed by atoms with Crippen LogP contribution in [0.2, 0.25) is 0 Å². The van der Waals surface area contributed by atoms with Crippen LogP contribution in [-0.2, 0) is 11.2 Å². The van der Waals surface area contributed by atoms with Crippen molar-refractivity contribution in [2.75, 3.05) is 5.32 Å². The highest BCUT2D eigenvalue weighted by Crippen LogP contribution is 2.17. The molecule has 0 saturated carbocycles. The Bertz CT molecular complexity index is 986. The van der Waals surface area contributed by atoms with Crippen LogP contribution in [0.15, 0.2) is 66.7 Å². The monoisotopic (exact) mass is 315 g/mol. The minimum absolute atomic E-state index is 0.0396. The predicted molar refractivity (Wildman–Crippen MR) is 97.0 cm³/mol. The normalized spacial score (nSPS) is 11.0. The Morgan fingerprint density at radius 2 is 1.75 bits per heavy atom. The van der Waals surface area contributed by atoms with Crippen molar-refractivity contribution in [2.24, 2.45) is 0 Å². The number of aromatic amines is 1. The highest BCUT2D eigenvalue weighted by molar-refractivity contribution is 5.91. The van der Waals surface area contributed by atoms with Gasteiger partial charge in [-0.25, -0.2) is 4.98 Å². The molecule has 0 radical (unpaired) electrons. The van der Waals surface area contributed by atoms with Gasteiger partial charge in [-0.2, -0.15) is 0 Å². The maximum atomic E-state index is 12.2. The number of rotatable bonds is 4. The summed E-state index contributed by atoms with van der Waals surface area (Å²) in [4.78, 5) is 19.6. The summed E-state index contributed by atoms with van der Waals surface area (Å²) in [5.41, 5.74) is 2.93. The number of H-pyrrole nitrogens is 1. The van der Waals surface area contributed by atoms with Gasteiger partial charge in [-0.3, -0.25) is 10.1 Å². The number of para-hydroxylation sites is 2. The van der Waals surface area contributed by atoms with Crippen molar-refractivity contribution >= 4 is 33.7 Å². The number of hydrogen-bond acceptors (Lipinski definition) is 2. The van der Waals surface area contributed by atoms with Crippen LogP contribution in [0.5, 0.6) is 0 Å². The van der Waals surface area contributed by atoms with Crippen LogP contribution in [0, 0.1) is 0 Å². The molecule has 4 nitrogen and oxygen atoms in total. The van der Waals surface area contributed by atoms with E-state index in [-0.39, 0.29) is 5.91 Å². The fourth-order valence-corrected chi connectivity index (χ4v) is 2.86. The second-order valence-corrected chi connectivity index (χ2v) is 5.83. The Labute approximate surface area is 139 Å². The third kappa shape index (κ3) is 2.99. The van der Waals surface area contributed by atoms with Crippen molar-refractivity contribution in [3.8, 4) is 0 Å². The van der Waals surface area contributed by atoms with E-state index in [9.17, 15) is 4.79 Å². The number of benzene rings is 3. The van der Waals surface area contributed by atoms with Gasteiger partial charge in [0.1, 0.15) is 0 Å². The van der Waals surface area contributed by atoms with Crippen LogP contribution in [0.1, 0.15) is 12.0 Å². The molecule has 4 rings (SSSR count). The number of fused-ring (bicyclic) bond motifs is 2. The van der Waals surface area contributed by atoms with E-state index in [2.05, 4.69) is 45.6 Å². The first-order valence-corrected chi connectivity index (χ1v) is 8.00. The molecule has 0 aliphatic heterocycles. The van der Waals surface area contributed by atoms with E-state index in [1.165, 1.54) is 10.8 Å². The molecule has 0 unspecified atom stereocenters. The summed E-state index contributed by atoms with van der Waals surface area (Å²) >= 11 is 0. The first kappa shape index (κ1) is 14.5. The van der Waals surface area contributed by atoms with Gasteiger partial charge in [0.25, 0.3) is 0 Å². The van der Waals surface area contributed by atoms with Crippen molar-refractivity contribution in [1.29, 1.82) is 0 Å². The largest absolute Gasteiger partial charge is 0.324 e. The van der Waals surface area contributed by atoms with E-state index in [0.29, 0.717) is 18.8 Å². The van der Waals surface area contributed by atoms with Gasteiger partial charge in [0.15, 0.2) is 0 Å². The van der Waals surface area contributed by atoms with Crippen molar-refractivity contribution in [3.05, 3.63) is 72.3 Å². The maximum Gasteiger partial charge on any atom is 0.227 e. The van der Waals surface area contributed by atoms with Gasteiger partial charge < -0.3 is 4.98 Å². The standard InChI is InChI=1S/C20H17N3O/c24-19(23-20-21-17-7-3-4-8-18(17)22-20)12-10-14-9-11-15-5-1-2-6-16(15)13-14/h1-9,11,13H,10,12H2,(H2,21,22,23,24). The molecule has 1 heterocycles. The minimum Gasteiger partial charge on any atom is -0.324 e. The van der Waals surface area contributed by atoms with E-state index >= 15 is 0 Å². The van der Waals surface area contributed by atoms with E-state index < -0.39 is 0 Å². The molecule has 0 bridgehead atoms.